The summed E-state index contributed by atoms with van der Waals surface area (Å²) in [6.45, 7) is 0. The van der Waals surface area contributed by atoms with Gasteiger partial charge in [0.2, 0.25) is 5.91 Å². The third-order valence-corrected chi connectivity index (χ3v) is 5.86. The van der Waals surface area contributed by atoms with Crippen molar-refractivity contribution in [3.8, 4) is 5.75 Å². The number of carbonyl (C=O) groups excluding carboxylic acids is 1. The fourth-order valence-corrected chi connectivity index (χ4v) is 4.49. The van der Waals surface area contributed by atoms with Crippen molar-refractivity contribution in [1.82, 2.24) is 5.32 Å². The topological polar surface area (TPSA) is 72.5 Å². The minimum Gasteiger partial charge on any atom is -0.496 e. The molecule has 1 aliphatic rings. The molecule has 5 nitrogen and oxygen atoms in total. The van der Waals surface area contributed by atoms with Gasteiger partial charge in [0.05, 0.1) is 18.8 Å². The Kier molecular flexibility index (Phi) is 5.62. The molecule has 0 bridgehead atoms. The van der Waals surface area contributed by atoms with E-state index in [4.69, 9.17) is 4.74 Å². The maximum Gasteiger partial charge on any atom is 0.224 e. The van der Waals surface area contributed by atoms with Crippen molar-refractivity contribution in [2.45, 2.75) is 43.4 Å². The second-order valence-corrected chi connectivity index (χ2v) is 8.22. The summed E-state index contributed by atoms with van der Waals surface area (Å²) in [5, 5.41) is 2.25. The minimum atomic E-state index is -3.21. The van der Waals surface area contributed by atoms with E-state index in [-0.39, 0.29) is 18.4 Å². The molecule has 128 valence electrons. The summed E-state index contributed by atoms with van der Waals surface area (Å²) in [6, 6.07) is 3.61. The van der Waals surface area contributed by atoms with Crippen LogP contribution in [-0.4, -0.2) is 39.0 Å². The fourth-order valence-electron chi connectivity index (χ4n) is 3.09. The van der Waals surface area contributed by atoms with Crippen LogP contribution >= 0.6 is 0 Å². The van der Waals surface area contributed by atoms with Gasteiger partial charge in [0.25, 0.3) is 0 Å². The van der Waals surface area contributed by atoms with Crippen molar-refractivity contribution >= 4 is 15.7 Å². The van der Waals surface area contributed by atoms with Crippen LogP contribution in [0.5, 0.6) is 5.75 Å². The van der Waals surface area contributed by atoms with Gasteiger partial charge < -0.3 is 10.1 Å². The van der Waals surface area contributed by atoms with Gasteiger partial charge in [-0.15, -0.1) is 0 Å². The number of hydrogen-bond acceptors (Lipinski definition) is 4. The van der Waals surface area contributed by atoms with Crippen molar-refractivity contribution in [2.24, 2.45) is 0 Å². The molecular formula is C16H22FNO4S. The Hall–Kier alpha value is -1.63. The lowest BCUT2D eigenvalue weighted by Crippen LogP contribution is -2.48. The van der Waals surface area contributed by atoms with E-state index in [0.29, 0.717) is 24.2 Å². The predicted molar refractivity (Wildman–Crippen MR) is 85.7 cm³/mol. The van der Waals surface area contributed by atoms with Crippen molar-refractivity contribution in [1.29, 1.82) is 0 Å². The van der Waals surface area contributed by atoms with Crippen molar-refractivity contribution in [3.63, 3.8) is 0 Å². The monoisotopic (exact) mass is 343 g/mol. The van der Waals surface area contributed by atoms with Crippen molar-refractivity contribution < 1.29 is 22.3 Å². The van der Waals surface area contributed by atoms with Crippen LogP contribution in [0.4, 0.5) is 4.39 Å². The highest BCUT2D eigenvalue weighted by Crippen LogP contribution is 2.25. The van der Waals surface area contributed by atoms with Gasteiger partial charge in [0.1, 0.15) is 11.6 Å². The molecule has 0 heterocycles. The molecule has 1 aromatic rings. The van der Waals surface area contributed by atoms with Crippen LogP contribution in [0.3, 0.4) is 0 Å². The highest BCUT2D eigenvalue weighted by atomic mass is 32.2. The van der Waals surface area contributed by atoms with E-state index in [0.717, 1.165) is 12.8 Å². The average Bonchev–Trinajstić information content (AvgIpc) is 2.47. The van der Waals surface area contributed by atoms with E-state index in [2.05, 4.69) is 5.32 Å². The van der Waals surface area contributed by atoms with Crippen LogP contribution in [0.15, 0.2) is 18.2 Å². The van der Waals surface area contributed by atoms with Crippen LogP contribution in [0, 0.1) is 5.82 Å². The van der Waals surface area contributed by atoms with E-state index < -0.39 is 20.9 Å². The smallest absolute Gasteiger partial charge is 0.224 e. The van der Waals surface area contributed by atoms with Crippen LogP contribution in [0.2, 0.25) is 0 Å². The second kappa shape index (κ2) is 7.29. The quantitative estimate of drug-likeness (QED) is 0.886. The van der Waals surface area contributed by atoms with Gasteiger partial charge in [-0.25, -0.2) is 12.8 Å². The Bertz CT molecular complexity index is 675. The number of amides is 1. The number of sulfone groups is 1. The molecule has 7 heteroatoms. The zero-order valence-corrected chi connectivity index (χ0v) is 14.2. The summed E-state index contributed by atoms with van der Waals surface area (Å²) in [5.41, 5.74) is 0.441. The molecule has 0 unspecified atom stereocenters. The van der Waals surface area contributed by atoms with Gasteiger partial charge in [-0.3, -0.25) is 4.79 Å². The number of rotatable bonds is 5. The molecule has 0 spiro atoms. The molecule has 1 N–H and O–H groups in total. The van der Waals surface area contributed by atoms with Gasteiger partial charge in [-0.2, -0.15) is 0 Å². The number of halogens is 1. The number of nitrogens with one attached hydrogen (secondary N) is 1. The molecule has 1 aliphatic carbocycles. The number of carbonyl (C=O) groups is 1. The van der Waals surface area contributed by atoms with Crippen LogP contribution in [-0.2, 0) is 21.1 Å². The SMILES string of the molecule is COc1ccc(F)cc1CC(=O)N[C@@H]1CCCC[C@H]1S(C)(=O)=O. The van der Waals surface area contributed by atoms with E-state index in [9.17, 15) is 17.6 Å². The first kappa shape index (κ1) is 17.7. The highest BCUT2D eigenvalue weighted by Gasteiger charge is 2.33. The lowest BCUT2D eigenvalue weighted by atomic mass is 9.94. The number of methoxy groups -OCH3 is 1. The van der Waals surface area contributed by atoms with E-state index >= 15 is 0 Å². The molecule has 0 aliphatic heterocycles. The molecule has 1 fully saturated rings. The molecule has 0 aromatic heterocycles. The van der Waals surface area contributed by atoms with Gasteiger partial charge in [0, 0.05) is 17.9 Å². The van der Waals surface area contributed by atoms with E-state index in [1.807, 2.05) is 0 Å². The standard InChI is InChI=1S/C16H22FNO4S/c1-22-14-8-7-12(17)9-11(14)10-16(19)18-13-5-3-4-6-15(13)23(2,20)21/h7-9,13,15H,3-6,10H2,1-2H3,(H,18,19)/t13-,15-/m1/s1. The number of ether oxygens (including phenoxy) is 1. The number of hydrogen-bond donors (Lipinski definition) is 1. The summed E-state index contributed by atoms with van der Waals surface area (Å²) in [5.74, 6) is -0.334. The molecule has 1 amide bonds. The first-order chi connectivity index (χ1) is 10.8. The van der Waals surface area contributed by atoms with E-state index in [1.54, 1.807) is 0 Å². The molecule has 23 heavy (non-hydrogen) atoms. The molecule has 2 rings (SSSR count). The first-order valence-corrected chi connectivity index (χ1v) is 9.57. The minimum absolute atomic E-state index is 0.0477. The zero-order valence-electron chi connectivity index (χ0n) is 13.3. The van der Waals surface area contributed by atoms with Gasteiger partial charge >= 0.3 is 0 Å². The van der Waals surface area contributed by atoms with Crippen LogP contribution in [0.25, 0.3) is 0 Å². The second-order valence-electron chi connectivity index (χ2n) is 5.96. The summed E-state index contributed by atoms with van der Waals surface area (Å²) >= 11 is 0. The maximum atomic E-state index is 13.3. The van der Waals surface area contributed by atoms with Crippen molar-refractivity contribution in [2.75, 3.05) is 13.4 Å². The highest BCUT2D eigenvalue weighted by molar-refractivity contribution is 7.91. The third-order valence-electron chi connectivity index (χ3n) is 4.19. The Morgan fingerprint density at radius 2 is 2.04 bits per heavy atom. The third kappa shape index (κ3) is 4.67. The van der Waals surface area contributed by atoms with Gasteiger partial charge in [0.15, 0.2) is 9.84 Å². The molecular weight excluding hydrogens is 321 g/mol. The summed E-state index contributed by atoms with van der Waals surface area (Å²) < 4.78 is 42.2. The molecule has 2 atom stereocenters. The summed E-state index contributed by atoms with van der Waals surface area (Å²) in [4.78, 5) is 12.2. The van der Waals surface area contributed by atoms with E-state index in [1.165, 1.54) is 31.6 Å². The first-order valence-electron chi connectivity index (χ1n) is 7.62. The zero-order chi connectivity index (χ0) is 17.0. The Balaban J connectivity index is 2.08. The molecule has 0 radical (unpaired) electrons. The predicted octanol–water partition coefficient (Wildman–Crippen LogP) is 1.85. The lowest BCUT2D eigenvalue weighted by molar-refractivity contribution is -0.121. The van der Waals surface area contributed by atoms with Crippen molar-refractivity contribution in [3.05, 3.63) is 29.6 Å². The van der Waals surface area contributed by atoms with Gasteiger partial charge in [-0.1, -0.05) is 12.8 Å². The molecule has 0 saturated heterocycles. The lowest BCUT2D eigenvalue weighted by Gasteiger charge is -2.30. The maximum absolute atomic E-state index is 13.3. The normalized spacial score (nSPS) is 21.7. The fraction of sp³-hybridized carbons (Fsp3) is 0.562. The van der Waals surface area contributed by atoms with Crippen LogP contribution < -0.4 is 10.1 Å². The Morgan fingerprint density at radius 1 is 1.35 bits per heavy atom. The van der Waals surface area contributed by atoms with Gasteiger partial charge in [-0.05, 0) is 31.0 Å². The number of benzene rings is 1. The summed E-state index contributed by atoms with van der Waals surface area (Å²) in [6.07, 6.45) is 4.10. The largest absolute Gasteiger partial charge is 0.496 e. The Morgan fingerprint density at radius 3 is 2.70 bits per heavy atom. The summed E-state index contributed by atoms with van der Waals surface area (Å²) in [7, 11) is -1.76. The molecule has 1 saturated carbocycles. The average molecular weight is 343 g/mol. The molecule has 1 aromatic carbocycles. The Labute approximate surface area is 136 Å². The van der Waals surface area contributed by atoms with Crippen LogP contribution in [0.1, 0.15) is 31.2 Å².